The second-order valence-corrected chi connectivity index (χ2v) is 5.92. The van der Waals surface area contributed by atoms with Crippen LogP contribution in [0.1, 0.15) is 52.4 Å². The summed E-state index contributed by atoms with van der Waals surface area (Å²) in [6.45, 7) is 3.31. The molecule has 1 heterocycles. The molecule has 5 atom stereocenters. The Morgan fingerprint density at radius 2 is 1.74 bits per heavy atom. The van der Waals surface area contributed by atoms with Crippen LogP contribution in [0.2, 0.25) is 0 Å². The molecule has 1 aliphatic rings. The highest BCUT2D eigenvalue weighted by atomic mass is 16.7. The molecule has 0 spiro atoms. The largest absolute Gasteiger partial charge is 0.457 e. The number of hydrogen-bond acceptors (Lipinski definition) is 7. The summed E-state index contributed by atoms with van der Waals surface area (Å²) in [6.07, 6.45) is 0.875. The second kappa shape index (κ2) is 10.9. The van der Waals surface area contributed by atoms with Gasteiger partial charge in [0.1, 0.15) is 18.3 Å². The average molecular weight is 334 g/mol. The minimum Gasteiger partial charge on any atom is -0.457 e. The molecule has 0 amide bonds. The van der Waals surface area contributed by atoms with E-state index in [2.05, 4.69) is 6.92 Å². The van der Waals surface area contributed by atoms with Crippen molar-refractivity contribution in [2.24, 2.45) is 0 Å². The normalized spacial score (nSPS) is 31.1. The number of carbonyl (C=O) groups is 1. The van der Waals surface area contributed by atoms with Crippen molar-refractivity contribution in [2.75, 3.05) is 13.2 Å². The molecule has 0 radical (unpaired) electrons. The Kier molecular flexibility index (Phi) is 9.66. The number of unbranched alkanes of at least 4 members (excludes halogenated alkanes) is 5. The first-order valence-corrected chi connectivity index (χ1v) is 8.42. The molecule has 0 aromatic rings. The molecule has 1 aliphatic heterocycles. The van der Waals surface area contributed by atoms with Gasteiger partial charge in [-0.15, -0.1) is 0 Å². The quantitative estimate of drug-likeness (QED) is 0.399. The van der Waals surface area contributed by atoms with Gasteiger partial charge < -0.3 is 29.5 Å². The Balaban J connectivity index is 2.38. The smallest absolute Gasteiger partial charge is 0.303 e. The van der Waals surface area contributed by atoms with Crippen LogP contribution < -0.4 is 0 Å². The summed E-state index contributed by atoms with van der Waals surface area (Å²) in [5.41, 5.74) is 0. The van der Waals surface area contributed by atoms with Crippen LogP contribution >= 0.6 is 0 Å². The van der Waals surface area contributed by atoms with Crippen LogP contribution in [0.5, 0.6) is 0 Å². The number of carbonyl (C=O) groups excluding carboxylic acids is 1. The third kappa shape index (κ3) is 6.73. The Hall–Kier alpha value is -0.730. The van der Waals surface area contributed by atoms with E-state index in [1.807, 2.05) is 0 Å². The fourth-order valence-electron chi connectivity index (χ4n) is 2.61. The fraction of sp³-hybridized carbons (Fsp3) is 0.938. The van der Waals surface area contributed by atoms with Gasteiger partial charge in [0.25, 0.3) is 0 Å². The van der Waals surface area contributed by atoms with E-state index in [1.165, 1.54) is 26.2 Å². The highest BCUT2D eigenvalue weighted by Crippen LogP contribution is 2.24. The minimum absolute atomic E-state index is 0.400. The van der Waals surface area contributed by atoms with Crippen LogP contribution in [-0.2, 0) is 19.0 Å². The van der Waals surface area contributed by atoms with Gasteiger partial charge in [-0.25, -0.2) is 0 Å². The zero-order valence-corrected chi connectivity index (χ0v) is 14.0. The summed E-state index contributed by atoms with van der Waals surface area (Å²) in [5.74, 6) is -0.616. The van der Waals surface area contributed by atoms with Gasteiger partial charge in [0.05, 0.1) is 6.61 Å². The molecule has 0 aromatic carbocycles. The lowest BCUT2D eigenvalue weighted by Gasteiger charge is -2.41. The topological polar surface area (TPSA) is 105 Å². The van der Waals surface area contributed by atoms with Gasteiger partial charge in [-0.05, 0) is 6.42 Å². The number of aliphatic hydroxyl groups is 3. The van der Waals surface area contributed by atoms with E-state index in [0.717, 1.165) is 19.3 Å². The van der Waals surface area contributed by atoms with E-state index in [-0.39, 0.29) is 0 Å². The predicted molar refractivity (Wildman–Crippen MR) is 82.6 cm³/mol. The molecule has 7 nitrogen and oxygen atoms in total. The molecular formula is C16H30O7. The molecule has 0 unspecified atom stereocenters. The monoisotopic (exact) mass is 334 g/mol. The van der Waals surface area contributed by atoms with Gasteiger partial charge in [-0.2, -0.15) is 0 Å². The zero-order chi connectivity index (χ0) is 17.2. The molecule has 1 saturated heterocycles. The SMILES string of the molecule is CCCCCCCCO[C@@H]1O[C@H](CO)[C@@H](OC(C)=O)[C@H](O)[C@@H]1O. The van der Waals surface area contributed by atoms with Crippen molar-refractivity contribution in [1.82, 2.24) is 0 Å². The predicted octanol–water partition coefficient (Wildman–Crippen LogP) is 0.734. The van der Waals surface area contributed by atoms with E-state index in [1.54, 1.807) is 0 Å². The van der Waals surface area contributed by atoms with Crippen molar-refractivity contribution < 1.29 is 34.3 Å². The van der Waals surface area contributed by atoms with Crippen molar-refractivity contribution in [2.45, 2.75) is 83.1 Å². The highest BCUT2D eigenvalue weighted by molar-refractivity contribution is 5.66. The molecule has 0 bridgehead atoms. The third-order valence-corrected chi connectivity index (χ3v) is 3.90. The lowest BCUT2D eigenvalue weighted by atomic mass is 9.99. The summed E-state index contributed by atoms with van der Waals surface area (Å²) in [6, 6.07) is 0. The number of ether oxygens (including phenoxy) is 3. The molecule has 0 aromatic heterocycles. The number of esters is 1. The third-order valence-electron chi connectivity index (χ3n) is 3.90. The van der Waals surface area contributed by atoms with E-state index in [0.29, 0.717) is 6.61 Å². The van der Waals surface area contributed by atoms with Crippen molar-refractivity contribution in [3.63, 3.8) is 0 Å². The Morgan fingerprint density at radius 1 is 1.09 bits per heavy atom. The summed E-state index contributed by atoms with van der Waals surface area (Å²) < 4.78 is 15.8. The van der Waals surface area contributed by atoms with Crippen LogP contribution in [0.25, 0.3) is 0 Å². The molecule has 7 heteroatoms. The van der Waals surface area contributed by atoms with Gasteiger partial charge in [0.2, 0.25) is 0 Å². The summed E-state index contributed by atoms with van der Waals surface area (Å²) in [7, 11) is 0. The minimum atomic E-state index is -1.36. The first kappa shape index (κ1) is 20.3. The van der Waals surface area contributed by atoms with Crippen molar-refractivity contribution >= 4 is 5.97 Å². The first-order chi connectivity index (χ1) is 11.0. The zero-order valence-electron chi connectivity index (χ0n) is 14.0. The lowest BCUT2D eigenvalue weighted by Crippen LogP contribution is -2.60. The highest BCUT2D eigenvalue weighted by Gasteiger charge is 2.46. The molecular weight excluding hydrogens is 304 g/mol. The number of aliphatic hydroxyl groups excluding tert-OH is 3. The molecule has 0 aliphatic carbocycles. The summed E-state index contributed by atoms with van der Waals surface area (Å²) >= 11 is 0. The molecule has 1 fully saturated rings. The molecule has 1 rings (SSSR count). The maximum absolute atomic E-state index is 11.0. The van der Waals surface area contributed by atoms with E-state index in [9.17, 15) is 20.1 Å². The van der Waals surface area contributed by atoms with Gasteiger partial charge >= 0.3 is 5.97 Å². The standard InChI is InChI=1S/C16H30O7/c1-3-4-5-6-7-8-9-21-16-14(20)13(19)15(22-11(2)18)12(10-17)23-16/h12-17,19-20H,3-10H2,1-2H3/t12-,13-,14+,15-,16-/m1/s1. The molecule has 136 valence electrons. The lowest BCUT2D eigenvalue weighted by molar-refractivity contribution is -0.303. The van der Waals surface area contributed by atoms with Gasteiger partial charge in [0, 0.05) is 13.5 Å². The van der Waals surface area contributed by atoms with Crippen molar-refractivity contribution in [3.8, 4) is 0 Å². The van der Waals surface area contributed by atoms with Crippen molar-refractivity contribution in [3.05, 3.63) is 0 Å². The van der Waals surface area contributed by atoms with Crippen LogP contribution in [0.4, 0.5) is 0 Å². The fourth-order valence-corrected chi connectivity index (χ4v) is 2.61. The summed E-state index contributed by atoms with van der Waals surface area (Å²) in [5, 5.41) is 29.4. The number of hydrogen-bond donors (Lipinski definition) is 3. The Labute approximate surface area is 137 Å². The number of rotatable bonds is 10. The maximum Gasteiger partial charge on any atom is 0.303 e. The van der Waals surface area contributed by atoms with Crippen LogP contribution in [-0.4, -0.2) is 65.2 Å². The Bertz CT molecular complexity index is 334. The molecule has 3 N–H and O–H groups in total. The van der Waals surface area contributed by atoms with Crippen LogP contribution in [0.15, 0.2) is 0 Å². The first-order valence-electron chi connectivity index (χ1n) is 8.42. The van der Waals surface area contributed by atoms with Crippen LogP contribution in [0, 0.1) is 0 Å². The second-order valence-electron chi connectivity index (χ2n) is 5.92. The average Bonchev–Trinajstić information content (AvgIpc) is 2.52. The van der Waals surface area contributed by atoms with Gasteiger partial charge in [-0.3, -0.25) is 4.79 Å². The van der Waals surface area contributed by atoms with E-state index >= 15 is 0 Å². The van der Waals surface area contributed by atoms with E-state index < -0.39 is 43.3 Å². The Morgan fingerprint density at radius 3 is 2.35 bits per heavy atom. The maximum atomic E-state index is 11.0. The van der Waals surface area contributed by atoms with E-state index in [4.69, 9.17) is 14.2 Å². The van der Waals surface area contributed by atoms with Crippen molar-refractivity contribution in [1.29, 1.82) is 0 Å². The summed E-state index contributed by atoms with van der Waals surface area (Å²) in [4.78, 5) is 11.0. The van der Waals surface area contributed by atoms with Crippen LogP contribution in [0.3, 0.4) is 0 Å². The van der Waals surface area contributed by atoms with Gasteiger partial charge in [0.15, 0.2) is 12.4 Å². The molecule has 23 heavy (non-hydrogen) atoms. The molecule has 0 saturated carbocycles. The van der Waals surface area contributed by atoms with Gasteiger partial charge in [-0.1, -0.05) is 39.0 Å².